The maximum atomic E-state index is 12.4. The third-order valence-electron chi connectivity index (χ3n) is 3.20. The Bertz CT molecular complexity index is 465. The number of carbonyl (C=O) groups is 2. The number of aryl methyl sites for hydroxylation is 1. The highest BCUT2D eigenvalue weighted by molar-refractivity contribution is 7.12. The summed E-state index contributed by atoms with van der Waals surface area (Å²) < 4.78 is 0. The Morgan fingerprint density at radius 1 is 1.56 bits per heavy atom. The van der Waals surface area contributed by atoms with Crippen molar-refractivity contribution in [2.24, 2.45) is 5.92 Å². The topological polar surface area (TPSA) is 57.6 Å². The van der Waals surface area contributed by atoms with Crippen molar-refractivity contribution in [2.75, 3.05) is 6.54 Å². The molecular formula is C13H17NO3S. The second kappa shape index (κ2) is 5.10. The Balaban J connectivity index is 2.13. The first-order chi connectivity index (χ1) is 8.50. The molecule has 1 fully saturated rings. The molecule has 0 aliphatic heterocycles. The van der Waals surface area contributed by atoms with E-state index >= 15 is 0 Å². The third kappa shape index (κ3) is 2.72. The van der Waals surface area contributed by atoms with Crippen LogP contribution in [0.3, 0.4) is 0 Å². The Labute approximate surface area is 110 Å². The third-order valence-corrected chi connectivity index (χ3v) is 4.20. The van der Waals surface area contributed by atoms with Crippen molar-refractivity contribution >= 4 is 23.2 Å². The van der Waals surface area contributed by atoms with Crippen LogP contribution in [0, 0.1) is 12.8 Å². The first-order valence-electron chi connectivity index (χ1n) is 6.08. The molecule has 4 nitrogen and oxygen atoms in total. The van der Waals surface area contributed by atoms with Gasteiger partial charge in [0.15, 0.2) is 0 Å². The summed E-state index contributed by atoms with van der Waals surface area (Å²) in [6.07, 6.45) is 1.98. The maximum absolute atomic E-state index is 12.4. The normalized spacial score (nSPS) is 16.3. The predicted molar refractivity (Wildman–Crippen MR) is 69.9 cm³/mol. The zero-order valence-corrected chi connectivity index (χ0v) is 11.4. The van der Waals surface area contributed by atoms with Crippen LogP contribution < -0.4 is 0 Å². The minimum absolute atomic E-state index is 0.0156. The van der Waals surface area contributed by atoms with Crippen molar-refractivity contribution < 1.29 is 14.7 Å². The van der Waals surface area contributed by atoms with E-state index in [-0.39, 0.29) is 11.9 Å². The molecule has 0 bridgehead atoms. The fourth-order valence-electron chi connectivity index (χ4n) is 1.88. The van der Waals surface area contributed by atoms with Crippen LogP contribution in [-0.4, -0.2) is 34.5 Å². The molecule has 1 amide bonds. The van der Waals surface area contributed by atoms with Gasteiger partial charge in [-0.1, -0.05) is 6.92 Å². The van der Waals surface area contributed by atoms with E-state index in [1.54, 1.807) is 11.8 Å². The second-order valence-corrected chi connectivity index (χ2v) is 5.78. The van der Waals surface area contributed by atoms with E-state index in [0.29, 0.717) is 6.54 Å². The first kappa shape index (κ1) is 13.1. The van der Waals surface area contributed by atoms with Gasteiger partial charge in [-0.15, -0.1) is 11.3 Å². The molecule has 5 heteroatoms. The lowest BCUT2D eigenvalue weighted by Crippen LogP contribution is -2.38. The molecule has 1 aromatic rings. The zero-order chi connectivity index (χ0) is 13.3. The van der Waals surface area contributed by atoms with Crippen LogP contribution in [0.15, 0.2) is 11.4 Å². The van der Waals surface area contributed by atoms with Gasteiger partial charge in [-0.25, -0.2) is 0 Å². The average molecular weight is 267 g/mol. The summed E-state index contributed by atoms with van der Waals surface area (Å²) in [5.74, 6) is -1.38. The number of rotatable bonds is 5. The lowest BCUT2D eigenvalue weighted by atomic mass is 10.1. The number of carboxylic acid groups (broad SMARTS) is 1. The number of aliphatic carboxylic acids is 1. The fourth-order valence-corrected chi connectivity index (χ4v) is 2.76. The van der Waals surface area contributed by atoms with E-state index in [4.69, 9.17) is 5.11 Å². The molecule has 0 radical (unpaired) electrons. The van der Waals surface area contributed by atoms with Crippen molar-refractivity contribution in [2.45, 2.75) is 32.7 Å². The average Bonchev–Trinajstić information content (AvgIpc) is 3.07. The standard InChI is InChI=1S/C13H17NO3S/c1-8-5-6-18-11(8)12(15)14(10-3-4-10)7-9(2)13(16)17/h5-6,9-10H,3-4,7H2,1-2H3,(H,16,17)/t9-/m1/s1. The van der Waals surface area contributed by atoms with Gasteiger partial charge in [0, 0.05) is 12.6 Å². The highest BCUT2D eigenvalue weighted by Crippen LogP contribution is 2.30. The van der Waals surface area contributed by atoms with Crippen LogP contribution in [-0.2, 0) is 4.79 Å². The number of carboxylic acids is 1. The van der Waals surface area contributed by atoms with Crippen molar-refractivity contribution in [1.29, 1.82) is 0 Å². The summed E-state index contributed by atoms with van der Waals surface area (Å²) in [7, 11) is 0. The van der Waals surface area contributed by atoms with E-state index < -0.39 is 11.9 Å². The number of nitrogens with zero attached hydrogens (tertiary/aromatic N) is 1. The largest absolute Gasteiger partial charge is 0.481 e. The maximum Gasteiger partial charge on any atom is 0.308 e. The zero-order valence-electron chi connectivity index (χ0n) is 10.5. The smallest absolute Gasteiger partial charge is 0.308 e. The second-order valence-electron chi connectivity index (χ2n) is 4.86. The molecule has 1 aliphatic carbocycles. The van der Waals surface area contributed by atoms with Gasteiger partial charge in [0.1, 0.15) is 0 Å². The summed E-state index contributed by atoms with van der Waals surface area (Å²) in [6, 6.07) is 2.16. The Morgan fingerprint density at radius 2 is 2.22 bits per heavy atom. The molecule has 2 rings (SSSR count). The number of hydrogen-bond donors (Lipinski definition) is 1. The van der Waals surface area contributed by atoms with Gasteiger partial charge in [0.2, 0.25) is 0 Å². The van der Waals surface area contributed by atoms with Gasteiger partial charge in [-0.3, -0.25) is 9.59 Å². The predicted octanol–water partition coefficient (Wildman–Crippen LogP) is 2.38. The molecule has 98 valence electrons. The molecule has 1 heterocycles. The molecule has 0 aromatic carbocycles. The molecule has 1 N–H and O–H groups in total. The number of amides is 1. The molecule has 1 aliphatic rings. The number of thiophene rings is 1. The summed E-state index contributed by atoms with van der Waals surface area (Å²) in [4.78, 5) is 25.8. The Hall–Kier alpha value is -1.36. The van der Waals surface area contributed by atoms with Gasteiger partial charge in [-0.05, 0) is 36.8 Å². The van der Waals surface area contributed by atoms with Gasteiger partial charge >= 0.3 is 5.97 Å². The molecule has 0 unspecified atom stereocenters. The van der Waals surface area contributed by atoms with Crippen LogP contribution >= 0.6 is 11.3 Å². The van der Waals surface area contributed by atoms with Crippen LogP contribution in [0.25, 0.3) is 0 Å². The van der Waals surface area contributed by atoms with Crippen LogP contribution in [0.4, 0.5) is 0 Å². The van der Waals surface area contributed by atoms with Gasteiger partial charge in [0.05, 0.1) is 10.8 Å². The van der Waals surface area contributed by atoms with Crippen LogP contribution in [0.1, 0.15) is 35.0 Å². The molecular weight excluding hydrogens is 250 g/mol. The highest BCUT2D eigenvalue weighted by Gasteiger charge is 2.35. The Kier molecular flexibility index (Phi) is 3.71. The van der Waals surface area contributed by atoms with Crippen LogP contribution in [0.2, 0.25) is 0 Å². The van der Waals surface area contributed by atoms with Gasteiger partial charge in [-0.2, -0.15) is 0 Å². The van der Waals surface area contributed by atoms with E-state index in [2.05, 4.69) is 0 Å². The molecule has 1 atom stereocenters. The van der Waals surface area contributed by atoms with Crippen molar-refractivity contribution in [3.63, 3.8) is 0 Å². The summed E-state index contributed by atoms with van der Waals surface area (Å²) in [6.45, 7) is 3.86. The van der Waals surface area contributed by atoms with Gasteiger partial charge in [0.25, 0.3) is 5.91 Å². The lowest BCUT2D eigenvalue weighted by Gasteiger charge is -2.24. The molecule has 18 heavy (non-hydrogen) atoms. The Morgan fingerprint density at radius 3 is 2.67 bits per heavy atom. The fraction of sp³-hybridized carbons (Fsp3) is 0.538. The van der Waals surface area contributed by atoms with Crippen LogP contribution in [0.5, 0.6) is 0 Å². The number of carbonyl (C=O) groups excluding carboxylic acids is 1. The van der Waals surface area contributed by atoms with Crippen molar-refractivity contribution in [3.8, 4) is 0 Å². The van der Waals surface area contributed by atoms with E-state index in [1.165, 1.54) is 11.3 Å². The van der Waals surface area contributed by atoms with Crippen molar-refractivity contribution in [3.05, 3.63) is 21.9 Å². The van der Waals surface area contributed by atoms with Gasteiger partial charge < -0.3 is 10.0 Å². The quantitative estimate of drug-likeness (QED) is 0.891. The summed E-state index contributed by atoms with van der Waals surface area (Å²) in [5.41, 5.74) is 0.971. The molecule has 0 saturated heterocycles. The molecule has 1 saturated carbocycles. The summed E-state index contributed by atoms with van der Waals surface area (Å²) in [5, 5.41) is 10.9. The van der Waals surface area contributed by atoms with E-state index in [0.717, 1.165) is 23.3 Å². The van der Waals surface area contributed by atoms with Crippen molar-refractivity contribution in [1.82, 2.24) is 4.90 Å². The minimum Gasteiger partial charge on any atom is -0.481 e. The highest BCUT2D eigenvalue weighted by atomic mass is 32.1. The lowest BCUT2D eigenvalue weighted by molar-refractivity contribution is -0.141. The monoisotopic (exact) mass is 267 g/mol. The molecule has 0 spiro atoms. The SMILES string of the molecule is Cc1ccsc1C(=O)N(C[C@@H](C)C(=O)O)C1CC1. The number of hydrogen-bond acceptors (Lipinski definition) is 3. The summed E-state index contributed by atoms with van der Waals surface area (Å²) >= 11 is 1.43. The molecule has 1 aromatic heterocycles. The first-order valence-corrected chi connectivity index (χ1v) is 6.96. The minimum atomic E-state index is -0.851. The van der Waals surface area contributed by atoms with E-state index in [9.17, 15) is 9.59 Å². The van der Waals surface area contributed by atoms with E-state index in [1.807, 2.05) is 18.4 Å².